The van der Waals surface area contributed by atoms with E-state index in [1.165, 1.54) is 14.2 Å². The van der Waals surface area contributed by atoms with E-state index in [0.717, 1.165) is 0 Å². The van der Waals surface area contributed by atoms with E-state index in [1.54, 1.807) is 0 Å². The third kappa shape index (κ3) is 8.40. The fourth-order valence-corrected chi connectivity index (χ4v) is 2.60. The van der Waals surface area contributed by atoms with E-state index in [4.69, 9.17) is 14.6 Å². The van der Waals surface area contributed by atoms with Crippen LogP contribution < -0.4 is 4.72 Å². The standard InChI is InChI=1S/C10H21NO6S/c1-16-6-3-5-9(10(12)13)11-18(14,15)8-4-7-17-2/h9,11H,3-8H2,1-2H3,(H,12,13). The smallest absolute Gasteiger partial charge is 0.321 e. The van der Waals surface area contributed by atoms with Crippen molar-refractivity contribution in [2.45, 2.75) is 25.3 Å². The van der Waals surface area contributed by atoms with Gasteiger partial charge in [-0.05, 0) is 19.3 Å². The van der Waals surface area contributed by atoms with Crippen LogP contribution in [0.15, 0.2) is 0 Å². The van der Waals surface area contributed by atoms with Crippen LogP contribution in [-0.2, 0) is 24.3 Å². The highest BCUT2D eigenvalue weighted by molar-refractivity contribution is 7.89. The molecule has 0 spiro atoms. The van der Waals surface area contributed by atoms with Crippen molar-refractivity contribution in [2.24, 2.45) is 0 Å². The molecule has 0 saturated heterocycles. The van der Waals surface area contributed by atoms with E-state index in [-0.39, 0.29) is 12.2 Å². The number of methoxy groups -OCH3 is 2. The highest BCUT2D eigenvalue weighted by atomic mass is 32.2. The normalized spacial score (nSPS) is 13.4. The Bertz CT molecular complexity index is 329. The Morgan fingerprint density at radius 2 is 1.78 bits per heavy atom. The molecule has 0 aliphatic carbocycles. The van der Waals surface area contributed by atoms with Gasteiger partial charge in [-0.1, -0.05) is 0 Å². The molecule has 0 aromatic heterocycles. The van der Waals surface area contributed by atoms with E-state index in [9.17, 15) is 13.2 Å². The number of carboxylic acids is 1. The molecular weight excluding hydrogens is 262 g/mol. The minimum absolute atomic E-state index is 0.144. The molecule has 7 nitrogen and oxygen atoms in total. The predicted octanol–water partition coefficient (Wildman–Crippen LogP) is -0.178. The minimum Gasteiger partial charge on any atom is -0.480 e. The zero-order chi connectivity index (χ0) is 14.0. The number of aliphatic carboxylic acids is 1. The first-order valence-electron chi connectivity index (χ1n) is 5.63. The number of carbonyl (C=O) groups is 1. The summed E-state index contributed by atoms with van der Waals surface area (Å²) >= 11 is 0. The maximum absolute atomic E-state index is 11.6. The van der Waals surface area contributed by atoms with Crippen LogP contribution in [0.4, 0.5) is 0 Å². The van der Waals surface area contributed by atoms with Crippen LogP contribution >= 0.6 is 0 Å². The van der Waals surface area contributed by atoms with Crippen LogP contribution in [0.1, 0.15) is 19.3 Å². The molecule has 0 amide bonds. The molecule has 108 valence electrons. The average Bonchev–Trinajstić information content (AvgIpc) is 2.28. The van der Waals surface area contributed by atoms with Crippen LogP contribution in [0, 0.1) is 0 Å². The number of rotatable bonds is 11. The minimum atomic E-state index is -3.59. The summed E-state index contributed by atoms with van der Waals surface area (Å²) in [6.45, 7) is 0.720. The fourth-order valence-electron chi connectivity index (χ4n) is 1.33. The van der Waals surface area contributed by atoms with Gasteiger partial charge in [-0.25, -0.2) is 13.1 Å². The van der Waals surface area contributed by atoms with E-state index in [0.29, 0.717) is 26.1 Å². The van der Waals surface area contributed by atoms with Gasteiger partial charge in [0.2, 0.25) is 10.0 Å². The summed E-state index contributed by atoms with van der Waals surface area (Å²) in [7, 11) is -0.605. The van der Waals surface area contributed by atoms with Crippen molar-refractivity contribution >= 4 is 16.0 Å². The van der Waals surface area contributed by atoms with Gasteiger partial charge in [0.05, 0.1) is 5.75 Å². The van der Waals surface area contributed by atoms with Crippen molar-refractivity contribution in [3.05, 3.63) is 0 Å². The van der Waals surface area contributed by atoms with Gasteiger partial charge in [0.25, 0.3) is 0 Å². The summed E-state index contributed by atoms with van der Waals surface area (Å²) in [5.41, 5.74) is 0. The molecule has 0 bridgehead atoms. The quantitative estimate of drug-likeness (QED) is 0.510. The first-order valence-corrected chi connectivity index (χ1v) is 7.29. The van der Waals surface area contributed by atoms with Crippen LogP contribution in [0.3, 0.4) is 0 Å². The first kappa shape index (κ1) is 17.3. The molecule has 1 unspecified atom stereocenters. The molecule has 0 aliphatic heterocycles. The monoisotopic (exact) mass is 283 g/mol. The zero-order valence-corrected chi connectivity index (χ0v) is 11.5. The summed E-state index contributed by atoms with van der Waals surface area (Å²) < 4.78 is 34.9. The number of ether oxygens (including phenoxy) is 2. The molecule has 8 heteroatoms. The zero-order valence-electron chi connectivity index (χ0n) is 10.7. The van der Waals surface area contributed by atoms with E-state index < -0.39 is 22.0 Å². The van der Waals surface area contributed by atoms with Crippen LogP contribution in [0.25, 0.3) is 0 Å². The van der Waals surface area contributed by atoms with Gasteiger partial charge in [0.15, 0.2) is 0 Å². The summed E-state index contributed by atoms with van der Waals surface area (Å²) in [4.78, 5) is 10.9. The van der Waals surface area contributed by atoms with Gasteiger partial charge >= 0.3 is 5.97 Å². The van der Waals surface area contributed by atoms with Crippen molar-refractivity contribution in [3.8, 4) is 0 Å². The lowest BCUT2D eigenvalue weighted by Crippen LogP contribution is -2.42. The second kappa shape index (κ2) is 9.26. The summed E-state index contributed by atoms with van der Waals surface area (Å²) in [6, 6.07) is -1.10. The Balaban J connectivity index is 4.25. The summed E-state index contributed by atoms with van der Waals surface area (Å²) in [5.74, 6) is -1.32. The largest absolute Gasteiger partial charge is 0.480 e. The molecule has 0 aromatic carbocycles. The number of nitrogens with one attached hydrogen (secondary N) is 1. The molecule has 0 rings (SSSR count). The molecule has 0 fully saturated rings. The van der Waals surface area contributed by atoms with Gasteiger partial charge in [0, 0.05) is 27.4 Å². The molecule has 1 atom stereocenters. The first-order chi connectivity index (χ1) is 8.43. The van der Waals surface area contributed by atoms with Crippen LogP contribution in [0.5, 0.6) is 0 Å². The maximum Gasteiger partial charge on any atom is 0.321 e. The fraction of sp³-hybridized carbons (Fsp3) is 0.900. The van der Waals surface area contributed by atoms with Gasteiger partial charge < -0.3 is 14.6 Å². The van der Waals surface area contributed by atoms with Crippen molar-refractivity contribution in [1.29, 1.82) is 0 Å². The number of sulfonamides is 1. The molecule has 2 N–H and O–H groups in total. The summed E-state index contributed by atoms with van der Waals surface area (Å²) in [5, 5.41) is 8.92. The van der Waals surface area contributed by atoms with Gasteiger partial charge in [0.1, 0.15) is 6.04 Å². The second-order valence-corrected chi connectivity index (χ2v) is 5.68. The maximum atomic E-state index is 11.6. The van der Waals surface area contributed by atoms with E-state index >= 15 is 0 Å². The third-order valence-electron chi connectivity index (χ3n) is 2.22. The molecule has 0 radical (unpaired) electrons. The van der Waals surface area contributed by atoms with E-state index in [2.05, 4.69) is 4.72 Å². The van der Waals surface area contributed by atoms with Crippen molar-refractivity contribution < 1.29 is 27.8 Å². The second-order valence-electron chi connectivity index (χ2n) is 3.81. The Hall–Kier alpha value is -0.700. The highest BCUT2D eigenvalue weighted by Gasteiger charge is 2.23. The molecule has 0 aliphatic rings. The molecule has 0 saturated carbocycles. The Morgan fingerprint density at radius 3 is 2.28 bits per heavy atom. The molecule has 18 heavy (non-hydrogen) atoms. The molecular formula is C10H21NO6S. The SMILES string of the molecule is COCCCC(NS(=O)(=O)CCCOC)C(=O)O. The lowest BCUT2D eigenvalue weighted by atomic mass is 10.2. The predicted molar refractivity (Wildman–Crippen MR) is 65.9 cm³/mol. The lowest BCUT2D eigenvalue weighted by molar-refractivity contribution is -0.139. The highest BCUT2D eigenvalue weighted by Crippen LogP contribution is 2.02. The number of carboxylic acid groups (broad SMARTS) is 1. The Labute approximate surface area is 108 Å². The lowest BCUT2D eigenvalue weighted by Gasteiger charge is -2.14. The number of hydrogen-bond donors (Lipinski definition) is 2. The van der Waals surface area contributed by atoms with E-state index in [1.807, 2.05) is 0 Å². The summed E-state index contributed by atoms with van der Waals surface area (Å²) in [6.07, 6.45) is 1.01. The van der Waals surface area contributed by atoms with Crippen molar-refractivity contribution in [3.63, 3.8) is 0 Å². The topological polar surface area (TPSA) is 102 Å². The van der Waals surface area contributed by atoms with Crippen LogP contribution in [0.2, 0.25) is 0 Å². The van der Waals surface area contributed by atoms with Gasteiger partial charge in [-0.2, -0.15) is 0 Å². The van der Waals surface area contributed by atoms with Gasteiger partial charge in [-0.3, -0.25) is 4.79 Å². The van der Waals surface area contributed by atoms with Gasteiger partial charge in [-0.15, -0.1) is 0 Å². The molecule has 0 aromatic rings. The van der Waals surface area contributed by atoms with Crippen molar-refractivity contribution in [2.75, 3.05) is 33.2 Å². The van der Waals surface area contributed by atoms with Crippen LogP contribution in [-0.4, -0.2) is 58.7 Å². The number of hydrogen-bond acceptors (Lipinski definition) is 5. The average molecular weight is 283 g/mol. The Morgan fingerprint density at radius 1 is 1.22 bits per heavy atom. The molecule has 0 heterocycles. The third-order valence-corrected chi connectivity index (χ3v) is 3.69. The van der Waals surface area contributed by atoms with Crippen molar-refractivity contribution in [1.82, 2.24) is 4.72 Å². The Kier molecular flexibility index (Phi) is 8.90.